The van der Waals surface area contributed by atoms with Crippen LogP contribution in [-0.2, 0) is 0 Å². The molecule has 4 aliphatic carbocycles. The van der Waals surface area contributed by atoms with E-state index in [2.05, 4.69) is 6.92 Å². The van der Waals surface area contributed by atoms with E-state index in [0.29, 0.717) is 6.61 Å². The van der Waals surface area contributed by atoms with Crippen molar-refractivity contribution >= 4 is 0 Å². The third-order valence-corrected chi connectivity index (χ3v) is 7.40. The lowest BCUT2D eigenvalue weighted by Crippen LogP contribution is -2.38. The Morgan fingerprint density at radius 1 is 0.944 bits per heavy atom. The molecule has 0 spiro atoms. The maximum atomic E-state index is 9.15. The molecule has 0 aromatic rings. The van der Waals surface area contributed by atoms with E-state index in [1.54, 1.807) is 25.7 Å². The van der Waals surface area contributed by atoms with Crippen molar-refractivity contribution in [2.45, 2.75) is 51.9 Å². The van der Waals surface area contributed by atoms with E-state index in [1.807, 2.05) is 0 Å². The predicted molar refractivity (Wildman–Crippen MR) is 73.0 cm³/mol. The minimum absolute atomic E-state index is 0.407. The number of hydrogen-bond acceptors (Lipinski definition) is 1. The molecule has 0 saturated heterocycles. The Hall–Kier alpha value is -0.0400. The van der Waals surface area contributed by atoms with Crippen LogP contribution in [0.15, 0.2) is 0 Å². The number of rotatable bonds is 4. The lowest BCUT2D eigenvalue weighted by Gasteiger charge is -2.43. The van der Waals surface area contributed by atoms with Gasteiger partial charge in [-0.05, 0) is 85.9 Å². The summed E-state index contributed by atoms with van der Waals surface area (Å²) >= 11 is 0. The van der Waals surface area contributed by atoms with Crippen molar-refractivity contribution in [1.29, 1.82) is 0 Å². The topological polar surface area (TPSA) is 20.2 Å². The molecule has 0 heterocycles. The maximum Gasteiger partial charge on any atom is 0.0431 e. The molecule has 0 radical (unpaired) electrons. The first-order valence-corrected chi connectivity index (χ1v) is 8.46. The van der Waals surface area contributed by atoms with E-state index < -0.39 is 0 Å². The zero-order valence-corrected chi connectivity index (χ0v) is 11.7. The second-order valence-electron chi connectivity index (χ2n) is 7.65. The van der Waals surface area contributed by atoms with Gasteiger partial charge in [-0.25, -0.2) is 0 Å². The summed E-state index contributed by atoms with van der Waals surface area (Å²) < 4.78 is 0. The molecule has 8 unspecified atom stereocenters. The normalized spacial score (nSPS) is 56.3. The molecule has 102 valence electrons. The van der Waals surface area contributed by atoms with Crippen molar-refractivity contribution in [3.8, 4) is 0 Å². The molecule has 4 saturated carbocycles. The SMILES string of the molecule is CCC1C(CCCO)C2CC1C1C3CCC(C3)C21. The molecular weight excluding hydrogens is 220 g/mol. The Morgan fingerprint density at radius 3 is 2.22 bits per heavy atom. The molecule has 4 aliphatic rings. The van der Waals surface area contributed by atoms with Gasteiger partial charge in [-0.3, -0.25) is 0 Å². The second kappa shape index (κ2) is 4.23. The van der Waals surface area contributed by atoms with Crippen LogP contribution in [0.25, 0.3) is 0 Å². The smallest absolute Gasteiger partial charge is 0.0431 e. The summed E-state index contributed by atoms with van der Waals surface area (Å²) in [5.74, 6) is 8.65. The van der Waals surface area contributed by atoms with Crippen LogP contribution in [0, 0.1) is 47.3 Å². The molecule has 18 heavy (non-hydrogen) atoms. The zero-order valence-electron chi connectivity index (χ0n) is 11.7. The van der Waals surface area contributed by atoms with E-state index in [1.165, 1.54) is 12.8 Å². The first kappa shape index (κ1) is 11.8. The van der Waals surface area contributed by atoms with E-state index in [0.717, 1.165) is 53.8 Å². The van der Waals surface area contributed by atoms with Crippen LogP contribution < -0.4 is 0 Å². The number of fused-ring (bicyclic) bond motifs is 9. The summed E-state index contributed by atoms with van der Waals surface area (Å²) in [7, 11) is 0. The van der Waals surface area contributed by atoms with Gasteiger partial charge in [-0.2, -0.15) is 0 Å². The molecule has 0 amide bonds. The van der Waals surface area contributed by atoms with Crippen molar-refractivity contribution in [3.63, 3.8) is 0 Å². The zero-order chi connectivity index (χ0) is 12.3. The van der Waals surface area contributed by atoms with Gasteiger partial charge in [0, 0.05) is 6.61 Å². The number of aliphatic hydroxyl groups is 1. The lowest BCUT2D eigenvalue weighted by molar-refractivity contribution is 0.0467. The van der Waals surface area contributed by atoms with Crippen LogP contribution in [0.2, 0.25) is 0 Å². The highest BCUT2D eigenvalue weighted by atomic mass is 16.2. The molecule has 1 N–H and O–H groups in total. The third kappa shape index (κ3) is 1.38. The highest BCUT2D eigenvalue weighted by Gasteiger charge is 2.64. The quantitative estimate of drug-likeness (QED) is 0.752. The van der Waals surface area contributed by atoms with Gasteiger partial charge in [0.25, 0.3) is 0 Å². The second-order valence-corrected chi connectivity index (χ2v) is 7.65. The first-order chi connectivity index (χ1) is 8.85. The van der Waals surface area contributed by atoms with Crippen LogP contribution in [-0.4, -0.2) is 11.7 Å². The van der Waals surface area contributed by atoms with Crippen molar-refractivity contribution < 1.29 is 5.11 Å². The lowest BCUT2D eigenvalue weighted by atomic mass is 9.62. The Bertz CT molecular complexity index is 326. The highest BCUT2D eigenvalue weighted by molar-refractivity contribution is 5.12. The minimum atomic E-state index is 0.407. The molecule has 0 aromatic heterocycles. The van der Waals surface area contributed by atoms with Gasteiger partial charge in [0.05, 0.1) is 0 Å². The molecular formula is C17H28O. The molecule has 0 aliphatic heterocycles. The van der Waals surface area contributed by atoms with Gasteiger partial charge in [0.1, 0.15) is 0 Å². The summed E-state index contributed by atoms with van der Waals surface area (Å²) in [5.41, 5.74) is 0. The van der Waals surface area contributed by atoms with E-state index in [-0.39, 0.29) is 0 Å². The summed E-state index contributed by atoms with van der Waals surface area (Å²) in [4.78, 5) is 0. The summed E-state index contributed by atoms with van der Waals surface area (Å²) in [5, 5.41) is 9.15. The fourth-order valence-corrected chi connectivity index (χ4v) is 7.20. The summed E-state index contributed by atoms with van der Waals surface area (Å²) in [6.45, 7) is 2.82. The average molecular weight is 248 g/mol. The maximum absolute atomic E-state index is 9.15. The number of aliphatic hydroxyl groups excluding tert-OH is 1. The highest BCUT2D eigenvalue weighted by Crippen LogP contribution is 2.71. The van der Waals surface area contributed by atoms with Gasteiger partial charge < -0.3 is 5.11 Å². The van der Waals surface area contributed by atoms with Crippen molar-refractivity contribution in [3.05, 3.63) is 0 Å². The van der Waals surface area contributed by atoms with Gasteiger partial charge >= 0.3 is 0 Å². The molecule has 1 heteroatoms. The average Bonchev–Trinajstić information content (AvgIpc) is 3.11. The molecule has 4 rings (SSSR count). The number of hydrogen-bond donors (Lipinski definition) is 1. The van der Waals surface area contributed by atoms with Crippen LogP contribution >= 0.6 is 0 Å². The van der Waals surface area contributed by atoms with E-state index in [9.17, 15) is 0 Å². The van der Waals surface area contributed by atoms with Crippen LogP contribution in [0.5, 0.6) is 0 Å². The first-order valence-electron chi connectivity index (χ1n) is 8.46. The van der Waals surface area contributed by atoms with Crippen LogP contribution in [0.4, 0.5) is 0 Å². The van der Waals surface area contributed by atoms with Gasteiger partial charge in [-0.15, -0.1) is 0 Å². The van der Waals surface area contributed by atoms with Gasteiger partial charge in [0.15, 0.2) is 0 Å². The molecule has 4 fully saturated rings. The monoisotopic (exact) mass is 248 g/mol. The third-order valence-electron chi connectivity index (χ3n) is 7.40. The Morgan fingerprint density at radius 2 is 1.61 bits per heavy atom. The van der Waals surface area contributed by atoms with E-state index >= 15 is 0 Å². The summed E-state index contributed by atoms with van der Waals surface area (Å²) in [6, 6.07) is 0. The minimum Gasteiger partial charge on any atom is -0.396 e. The van der Waals surface area contributed by atoms with Crippen molar-refractivity contribution in [2.75, 3.05) is 6.61 Å². The molecule has 0 aromatic carbocycles. The molecule has 1 nitrogen and oxygen atoms in total. The molecule has 8 atom stereocenters. The fourth-order valence-electron chi connectivity index (χ4n) is 7.20. The van der Waals surface area contributed by atoms with Crippen LogP contribution in [0.1, 0.15) is 51.9 Å². The predicted octanol–water partition coefficient (Wildman–Crippen LogP) is 3.71. The largest absolute Gasteiger partial charge is 0.396 e. The molecule has 4 bridgehead atoms. The van der Waals surface area contributed by atoms with Gasteiger partial charge in [0.2, 0.25) is 0 Å². The van der Waals surface area contributed by atoms with Crippen molar-refractivity contribution in [2.24, 2.45) is 47.3 Å². The Kier molecular flexibility index (Phi) is 2.76. The summed E-state index contributed by atoms with van der Waals surface area (Å²) in [6.07, 6.45) is 10.0. The standard InChI is InChI=1S/C17H28O/c1-2-12-13(4-3-7-18)15-9-14(12)16-10-5-6-11(8-10)17(15)16/h10-18H,2-9H2,1H3. The van der Waals surface area contributed by atoms with Crippen molar-refractivity contribution in [1.82, 2.24) is 0 Å². The van der Waals surface area contributed by atoms with Crippen LogP contribution in [0.3, 0.4) is 0 Å². The van der Waals surface area contributed by atoms with E-state index in [4.69, 9.17) is 5.11 Å². The van der Waals surface area contributed by atoms with Gasteiger partial charge in [-0.1, -0.05) is 13.3 Å². The Labute approximate surface area is 111 Å². The fraction of sp³-hybridized carbons (Fsp3) is 1.00. The Balaban J connectivity index is 1.58.